The SMILES string of the molecule is N#CC(C#N)=NNc1ccccc1SCc1cccc(Cl)c1. The number of hydrazone groups is 1. The van der Waals surface area contributed by atoms with Gasteiger partial charge in [-0.25, -0.2) is 0 Å². The third kappa shape index (κ3) is 4.53. The van der Waals surface area contributed by atoms with Gasteiger partial charge in [-0.15, -0.1) is 11.8 Å². The zero-order valence-corrected chi connectivity index (χ0v) is 13.0. The van der Waals surface area contributed by atoms with E-state index in [-0.39, 0.29) is 5.71 Å². The number of hydrogen-bond donors (Lipinski definition) is 1. The van der Waals surface area contributed by atoms with Gasteiger partial charge in [0.25, 0.3) is 0 Å². The summed E-state index contributed by atoms with van der Waals surface area (Å²) in [6, 6.07) is 18.7. The number of rotatable bonds is 5. The van der Waals surface area contributed by atoms with Crippen molar-refractivity contribution in [3.05, 3.63) is 59.1 Å². The van der Waals surface area contributed by atoms with Crippen LogP contribution in [0.3, 0.4) is 0 Å². The molecule has 6 heteroatoms. The van der Waals surface area contributed by atoms with Crippen molar-refractivity contribution < 1.29 is 0 Å². The van der Waals surface area contributed by atoms with E-state index in [1.807, 2.05) is 48.5 Å². The smallest absolute Gasteiger partial charge is 0.237 e. The predicted molar refractivity (Wildman–Crippen MR) is 89.7 cm³/mol. The van der Waals surface area contributed by atoms with Crippen LogP contribution in [0.15, 0.2) is 58.5 Å². The normalized spacial score (nSPS) is 9.41. The Balaban J connectivity index is 2.10. The highest BCUT2D eigenvalue weighted by atomic mass is 35.5. The van der Waals surface area contributed by atoms with E-state index in [1.165, 1.54) is 0 Å². The molecule has 1 N–H and O–H groups in total. The molecule has 0 heterocycles. The molecule has 0 atom stereocenters. The molecule has 0 aliphatic rings. The molecular formula is C16H11ClN4S. The number of nitriles is 2. The van der Waals surface area contributed by atoms with Crippen molar-refractivity contribution in [3.8, 4) is 12.1 Å². The number of anilines is 1. The number of thioether (sulfide) groups is 1. The Labute approximate surface area is 138 Å². The summed E-state index contributed by atoms with van der Waals surface area (Å²) in [6.45, 7) is 0. The maximum absolute atomic E-state index is 8.69. The second-order valence-electron chi connectivity index (χ2n) is 4.21. The standard InChI is InChI=1S/C16H11ClN4S/c17-13-5-3-4-12(8-13)11-22-16-7-2-1-6-15(16)21-20-14(9-18)10-19/h1-8,21H,11H2. The highest BCUT2D eigenvalue weighted by Gasteiger charge is 2.03. The summed E-state index contributed by atoms with van der Waals surface area (Å²) in [6.07, 6.45) is 0. The third-order valence-electron chi connectivity index (χ3n) is 2.67. The Morgan fingerprint density at radius 1 is 1.14 bits per heavy atom. The van der Waals surface area contributed by atoms with Gasteiger partial charge in [-0.2, -0.15) is 15.6 Å². The molecule has 108 valence electrons. The van der Waals surface area contributed by atoms with Gasteiger partial charge in [0.05, 0.1) is 5.69 Å². The Bertz CT molecular complexity index is 758. The van der Waals surface area contributed by atoms with Crippen molar-refractivity contribution in [2.45, 2.75) is 10.6 Å². The maximum Gasteiger partial charge on any atom is 0.237 e. The van der Waals surface area contributed by atoms with Gasteiger partial charge < -0.3 is 0 Å². The van der Waals surface area contributed by atoms with Gasteiger partial charge in [-0.05, 0) is 29.8 Å². The first kappa shape index (κ1) is 15.9. The fourth-order valence-electron chi connectivity index (χ4n) is 1.66. The van der Waals surface area contributed by atoms with Crippen LogP contribution in [0.4, 0.5) is 5.69 Å². The van der Waals surface area contributed by atoms with Gasteiger partial charge in [0.1, 0.15) is 12.1 Å². The van der Waals surface area contributed by atoms with Crippen molar-refractivity contribution in [1.29, 1.82) is 10.5 Å². The molecule has 2 aromatic carbocycles. The fraction of sp³-hybridized carbons (Fsp3) is 0.0625. The first-order valence-electron chi connectivity index (χ1n) is 6.33. The number of hydrogen-bond acceptors (Lipinski definition) is 5. The molecule has 0 unspecified atom stereocenters. The van der Waals surface area contributed by atoms with Crippen molar-refractivity contribution in [1.82, 2.24) is 0 Å². The maximum atomic E-state index is 8.69. The van der Waals surface area contributed by atoms with E-state index >= 15 is 0 Å². The number of nitrogens with zero attached hydrogens (tertiary/aromatic N) is 3. The first-order chi connectivity index (χ1) is 10.7. The van der Waals surface area contributed by atoms with Crippen LogP contribution in [-0.2, 0) is 5.75 Å². The second kappa shape index (κ2) is 8.09. The predicted octanol–water partition coefficient (Wildman–Crippen LogP) is 4.45. The summed E-state index contributed by atoms with van der Waals surface area (Å²) in [5, 5.41) is 21.9. The van der Waals surface area contributed by atoms with Crippen LogP contribution in [0.1, 0.15) is 5.56 Å². The quantitative estimate of drug-likeness (QED) is 0.500. The molecule has 0 aliphatic heterocycles. The van der Waals surface area contributed by atoms with Crippen LogP contribution in [0.2, 0.25) is 5.02 Å². The van der Waals surface area contributed by atoms with E-state index in [4.69, 9.17) is 22.1 Å². The Morgan fingerprint density at radius 2 is 1.91 bits per heavy atom. The molecule has 4 nitrogen and oxygen atoms in total. The number of benzene rings is 2. The van der Waals surface area contributed by atoms with Crippen LogP contribution >= 0.6 is 23.4 Å². The number of halogens is 1. The molecule has 2 rings (SSSR count). The number of para-hydroxylation sites is 1. The first-order valence-corrected chi connectivity index (χ1v) is 7.69. The fourth-order valence-corrected chi connectivity index (χ4v) is 2.82. The Morgan fingerprint density at radius 3 is 2.64 bits per heavy atom. The summed E-state index contributed by atoms with van der Waals surface area (Å²) >= 11 is 7.59. The highest BCUT2D eigenvalue weighted by Crippen LogP contribution is 2.30. The van der Waals surface area contributed by atoms with Gasteiger partial charge in [0.15, 0.2) is 0 Å². The zero-order valence-electron chi connectivity index (χ0n) is 11.5. The lowest BCUT2D eigenvalue weighted by Gasteiger charge is -2.08. The monoisotopic (exact) mass is 326 g/mol. The van der Waals surface area contributed by atoms with E-state index in [2.05, 4.69) is 10.5 Å². The molecule has 0 saturated carbocycles. The van der Waals surface area contributed by atoms with Crippen molar-refractivity contribution in [2.24, 2.45) is 5.10 Å². The number of nitrogens with one attached hydrogen (secondary N) is 1. The van der Waals surface area contributed by atoms with Crippen LogP contribution in [0.25, 0.3) is 0 Å². The van der Waals surface area contributed by atoms with Crippen LogP contribution in [-0.4, -0.2) is 5.71 Å². The van der Waals surface area contributed by atoms with Crippen LogP contribution in [0.5, 0.6) is 0 Å². The van der Waals surface area contributed by atoms with Gasteiger partial charge in [0, 0.05) is 15.7 Å². The molecule has 0 amide bonds. The second-order valence-corrected chi connectivity index (χ2v) is 5.66. The molecule has 0 fully saturated rings. The molecule has 22 heavy (non-hydrogen) atoms. The molecule has 0 radical (unpaired) electrons. The van der Waals surface area contributed by atoms with Crippen molar-refractivity contribution in [2.75, 3.05) is 5.43 Å². The van der Waals surface area contributed by atoms with E-state index in [0.717, 1.165) is 21.9 Å². The highest BCUT2D eigenvalue weighted by molar-refractivity contribution is 7.98. The lowest BCUT2D eigenvalue weighted by Crippen LogP contribution is -1.97. The van der Waals surface area contributed by atoms with E-state index < -0.39 is 0 Å². The lowest BCUT2D eigenvalue weighted by atomic mass is 10.2. The average molecular weight is 327 g/mol. The lowest BCUT2D eigenvalue weighted by molar-refractivity contribution is 1.28. The van der Waals surface area contributed by atoms with Crippen molar-refractivity contribution >= 4 is 34.8 Å². The van der Waals surface area contributed by atoms with Crippen molar-refractivity contribution in [3.63, 3.8) is 0 Å². The zero-order chi connectivity index (χ0) is 15.8. The van der Waals surface area contributed by atoms with Crippen LogP contribution < -0.4 is 5.43 Å². The van der Waals surface area contributed by atoms with Crippen LogP contribution in [0, 0.1) is 22.7 Å². The van der Waals surface area contributed by atoms with Gasteiger partial charge in [-0.3, -0.25) is 5.43 Å². The summed E-state index contributed by atoms with van der Waals surface area (Å²) in [7, 11) is 0. The molecular weight excluding hydrogens is 316 g/mol. The van der Waals surface area contributed by atoms with E-state index in [0.29, 0.717) is 5.02 Å². The van der Waals surface area contributed by atoms with Gasteiger partial charge in [-0.1, -0.05) is 35.9 Å². The molecule has 0 bridgehead atoms. The average Bonchev–Trinajstić information content (AvgIpc) is 2.55. The molecule has 2 aromatic rings. The van der Waals surface area contributed by atoms with E-state index in [1.54, 1.807) is 23.9 Å². The molecule has 0 aliphatic carbocycles. The molecule has 0 saturated heterocycles. The largest absolute Gasteiger partial charge is 0.275 e. The minimum atomic E-state index is -0.213. The minimum absolute atomic E-state index is 0.213. The minimum Gasteiger partial charge on any atom is -0.275 e. The summed E-state index contributed by atoms with van der Waals surface area (Å²) in [5.74, 6) is 0.756. The Hall–Kier alpha value is -2.47. The third-order valence-corrected chi connectivity index (χ3v) is 4.05. The summed E-state index contributed by atoms with van der Waals surface area (Å²) in [4.78, 5) is 0.974. The van der Waals surface area contributed by atoms with Gasteiger partial charge in [0.2, 0.25) is 5.71 Å². The van der Waals surface area contributed by atoms with Gasteiger partial charge >= 0.3 is 0 Å². The summed E-state index contributed by atoms with van der Waals surface area (Å²) in [5.41, 5.74) is 4.41. The summed E-state index contributed by atoms with van der Waals surface area (Å²) < 4.78 is 0. The topological polar surface area (TPSA) is 72.0 Å². The molecule has 0 spiro atoms. The van der Waals surface area contributed by atoms with E-state index in [9.17, 15) is 0 Å². The Kier molecular flexibility index (Phi) is 5.85. The molecule has 0 aromatic heterocycles.